The number of carbonyl (C=O) groups is 2. The van der Waals surface area contributed by atoms with Gasteiger partial charge in [-0.05, 0) is 50.7 Å². The molecule has 0 radical (unpaired) electrons. The van der Waals surface area contributed by atoms with Crippen LogP contribution in [0.25, 0.3) is 0 Å². The second kappa shape index (κ2) is 10.6. The van der Waals surface area contributed by atoms with Crippen molar-refractivity contribution in [2.75, 3.05) is 31.5 Å². The predicted molar refractivity (Wildman–Crippen MR) is 138 cm³/mol. The quantitative estimate of drug-likeness (QED) is 0.676. The summed E-state index contributed by atoms with van der Waals surface area (Å²) in [6.07, 6.45) is 1.77. The average Bonchev–Trinajstić information content (AvgIpc) is 3.03. The Hall–Kier alpha value is -3.16. The fourth-order valence-electron chi connectivity index (χ4n) is 3.93. The summed E-state index contributed by atoms with van der Waals surface area (Å²) in [6.45, 7) is 16.6. The molecule has 0 spiro atoms. The number of hydrogen-bond donors (Lipinski definition) is 1. The minimum absolute atomic E-state index is 0.113. The minimum atomic E-state index is -0.547. The number of nitrogens with one attached hydrogen (secondary N) is 1. The third-order valence-electron chi connectivity index (χ3n) is 6.00. The number of anilines is 1. The molecule has 1 saturated heterocycles. The highest BCUT2D eigenvalue weighted by Crippen LogP contribution is 2.23. The maximum atomic E-state index is 13.3. The number of ether oxygens (including phenoxy) is 1. The van der Waals surface area contributed by atoms with E-state index in [1.165, 1.54) is 11.9 Å². The third kappa shape index (κ3) is 7.16. The van der Waals surface area contributed by atoms with Crippen LogP contribution in [0.3, 0.4) is 0 Å². The molecule has 1 aromatic carbocycles. The summed E-state index contributed by atoms with van der Waals surface area (Å²) in [5, 5.41) is 3.35. The Morgan fingerprint density at radius 3 is 2.20 bits per heavy atom. The molecule has 1 N–H and O–H groups in total. The molecule has 190 valence electrons. The molecule has 35 heavy (non-hydrogen) atoms. The van der Waals surface area contributed by atoms with Crippen LogP contribution in [0, 0.1) is 6.92 Å². The maximum Gasteiger partial charge on any atom is 0.410 e. The molecule has 0 saturated carbocycles. The number of nitrogens with zero attached hydrogens (tertiary/aromatic N) is 4. The van der Waals surface area contributed by atoms with E-state index in [9.17, 15) is 9.59 Å². The Morgan fingerprint density at radius 2 is 1.57 bits per heavy atom. The van der Waals surface area contributed by atoms with E-state index in [4.69, 9.17) is 4.74 Å². The molecule has 0 atom stereocenters. The monoisotopic (exact) mass is 481 g/mol. The molecule has 0 unspecified atom stereocenters. The lowest BCUT2D eigenvalue weighted by atomic mass is 9.87. The van der Waals surface area contributed by atoms with Crippen molar-refractivity contribution in [2.24, 2.45) is 0 Å². The summed E-state index contributed by atoms with van der Waals surface area (Å²) < 4.78 is 5.49. The topological polar surface area (TPSA) is 87.7 Å². The Balaban J connectivity index is 1.64. The molecule has 1 aliphatic rings. The van der Waals surface area contributed by atoms with Crippen molar-refractivity contribution in [3.05, 3.63) is 53.0 Å². The van der Waals surface area contributed by atoms with Gasteiger partial charge in [0.1, 0.15) is 23.4 Å². The average molecular weight is 482 g/mol. The molecule has 1 aliphatic heterocycles. The highest BCUT2D eigenvalue weighted by atomic mass is 16.6. The number of amides is 2. The van der Waals surface area contributed by atoms with Crippen LogP contribution in [0.5, 0.6) is 0 Å². The van der Waals surface area contributed by atoms with Crippen LogP contribution in [0.2, 0.25) is 0 Å². The zero-order chi connectivity index (χ0) is 25.8. The molecule has 1 fully saturated rings. The second-order valence-electron chi connectivity index (χ2n) is 11.1. The molecule has 8 heteroatoms. The van der Waals surface area contributed by atoms with Gasteiger partial charge in [0.25, 0.3) is 5.91 Å². The fourth-order valence-corrected chi connectivity index (χ4v) is 3.93. The van der Waals surface area contributed by atoms with E-state index in [0.717, 1.165) is 11.1 Å². The van der Waals surface area contributed by atoms with Crippen molar-refractivity contribution in [1.82, 2.24) is 19.8 Å². The van der Waals surface area contributed by atoms with Crippen molar-refractivity contribution >= 4 is 17.8 Å². The predicted octanol–water partition coefficient (Wildman–Crippen LogP) is 4.78. The van der Waals surface area contributed by atoms with Crippen LogP contribution in [-0.2, 0) is 16.7 Å². The van der Waals surface area contributed by atoms with E-state index < -0.39 is 5.60 Å². The van der Waals surface area contributed by atoms with Crippen molar-refractivity contribution < 1.29 is 14.3 Å². The van der Waals surface area contributed by atoms with Crippen LogP contribution in [0.15, 0.2) is 30.6 Å². The van der Waals surface area contributed by atoms with Gasteiger partial charge in [-0.2, -0.15) is 0 Å². The Morgan fingerprint density at radius 1 is 0.943 bits per heavy atom. The smallest absolute Gasteiger partial charge is 0.410 e. The summed E-state index contributed by atoms with van der Waals surface area (Å²) in [5.41, 5.74) is 3.10. The molecule has 1 aromatic heterocycles. The van der Waals surface area contributed by atoms with E-state index in [1.54, 1.807) is 9.80 Å². The first-order valence-electron chi connectivity index (χ1n) is 12.3. The molecule has 8 nitrogen and oxygen atoms in total. The summed E-state index contributed by atoms with van der Waals surface area (Å²) >= 11 is 0. The number of carbonyl (C=O) groups excluding carboxylic acids is 2. The number of benzene rings is 1. The first-order chi connectivity index (χ1) is 16.3. The van der Waals surface area contributed by atoms with E-state index in [1.807, 2.05) is 27.7 Å². The van der Waals surface area contributed by atoms with E-state index in [0.29, 0.717) is 50.7 Å². The van der Waals surface area contributed by atoms with Crippen molar-refractivity contribution in [3.8, 4) is 0 Å². The first-order valence-corrected chi connectivity index (χ1v) is 12.3. The lowest BCUT2D eigenvalue weighted by Crippen LogP contribution is -2.40. The molecule has 3 rings (SSSR count). The van der Waals surface area contributed by atoms with Gasteiger partial charge in [0, 0.05) is 38.3 Å². The number of rotatable bonds is 4. The zero-order valence-electron chi connectivity index (χ0n) is 22.1. The van der Waals surface area contributed by atoms with Gasteiger partial charge >= 0.3 is 6.09 Å². The van der Waals surface area contributed by atoms with Crippen LogP contribution in [-0.4, -0.2) is 63.5 Å². The van der Waals surface area contributed by atoms with E-state index >= 15 is 0 Å². The summed E-state index contributed by atoms with van der Waals surface area (Å²) in [6, 6.07) is 8.53. The normalized spacial score (nSPS) is 14.9. The lowest BCUT2D eigenvalue weighted by molar-refractivity contribution is 0.0255. The molecule has 0 aliphatic carbocycles. The number of hydrogen-bond acceptors (Lipinski definition) is 6. The van der Waals surface area contributed by atoms with Crippen LogP contribution in [0.4, 0.5) is 10.6 Å². The Labute approximate surface area is 209 Å². The SMILES string of the molecule is Cc1c(NCc2ccc(C(C)(C)C)cc2)ncnc1C(=O)N1CCCN(C(=O)OC(C)(C)C)CC1. The summed E-state index contributed by atoms with van der Waals surface area (Å²) in [5.74, 6) is 0.502. The molecule has 2 heterocycles. The maximum absolute atomic E-state index is 13.3. The van der Waals surface area contributed by atoms with Gasteiger partial charge in [0.05, 0.1) is 0 Å². The Kier molecular flexibility index (Phi) is 8.03. The summed E-state index contributed by atoms with van der Waals surface area (Å²) in [7, 11) is 0. The van der Waals surface area contributed by atoms with Gasteiger partial charge in [0.15, 0.2) is 0 Å². The Bertz CT molecular complexity index is 1040. The highest BCUT2D eigenvalue weighted by Gasteiger charge is 2.27. The molecule has 0 bridgehead atoms. The second-order valence-corrected chi connectivity index (χ2v) is 11.1. The molecular weight excluding hydrogens is 442 g/mol. The van der Waals surface area contributed by atoms with Gasteiger partial charge in [-0.3, -0.25) is 4.79 Å². The first kappa shape index (κ1) is 26.4. The van der Waals surface area contributed by atoms with Crippen LogP contribution in [0.1, 0.15) is 75.1 Å². The van der Waals surface area contributed by atoms with E-state index in [2.05, 4.69) is 60.3 Å². The van der Waals surface area contributed by atoms with Gasteiger partial charge in [-0.15, -0.1) is 0 Å². The van der Waals surface area contributed by atoms with Gasteiger partial charge < -0.3 is 19.9 Å². The van der Waals surface area contributed by atoms with E-state index in [-0.39, 0.29) is 17.4 Å². The standard InChI is InChI=1S/C27H39N5O3/c1-19-22(24(33)31-13-8-14-32(16-15-31)25(34)35-27(5,6)7)29-18-30-23(19)28-17-20-9-11-21(12-10-20)26(2,3)4/h9-12,18H,8,13-17H2,1-7H3,(H,28,29,30). The molecule has 2 aromatic rings. The van der Waals surface area contributed by atoms with Crippen molar-refractivity contribution in [2.45, 2.75) is 72.4 Å². The molecule has 2 amide bonds. The van der Waals surface area contributed by atoms with Gasteiger partial charge in [0.2, 0.25) is 0 Å². The zero-order valence-corrected chi connectivity index (χ0v) is 22.1. The largest absolute Gasteiger partial charge is 0.444 e. The summed E-state index contributed by atoms with van der Waals surface area (Å²) in [4.78, 5) is 37.8. The lowest BCUT2D eigenvalue weighted by Gasteiger charge is -2.26. The number of aromatic nitrogens is 2. The third-order valence-corrected chi connectivity index (χ3v) is 6.00. The minimum Gasteiger partial charge on any atom is -0.444 e. The van der Waals surface area contributed by atoms with Crippen molar-refractivity contribution in [1.29, 1.82) is 0 Å². The fraction of sp³-hybridized carbons (Fsp3) is 0.556. The van der Waals surface area contributed by atoms with Gasteiger partial charge in [-0.25, -0.2) is 14.8 Å². The highest BCUT2D eigenvalue weighted by molar-refractivity contribution is 5.94. The van der Waals surface area contributed by atoms with Crippen molar-refractivity contribution in [3.63, 3.8) is 0 Å². The van der Waals surface area contributed by atoms with Gasteiger partial charge in [-0.1, -0.05) is 45.0 Å². The molecular formula is C27H39N5O3. The van der Waals surface area contributed by atoms with Crippen LogP contribution >= 0.6 is 0 Å². The van der Waals surface area contributed by atoms with Crippen LogP contribution < -0.4 is 5.32 Å².